The minimum Gasteiger partial charge on any atom is -0.396 e. The highest BCUT2D eigenvalue weighted by Crippen LogP contribution is 2.01. The van der Waals surface area contributed by atoms with Crippen LogP contribution in [0.5, 0.6) is 0 Å². The molecule has 0 aliphatic carbocycles. The minimum absolute atomic E-state index is 0.00471. The van der Waals surface area contributed by atoms with Gasteiger partial charge in [-0.25, -0.2) is 4.98 Å². The molecule has 6 nitrogen and oxygen atoms in total. The van der Waals surface area contributed by atoms with Crippen LogP contribution in [-0.4, -0.2) is 33.0 Å². The summed E-state index contributed by atoms with van der Waals surface area (Å²) >= 11 is 0. The molecule has 106 valence electrons. The summed E-state index contributed by atoms with van der Waals surface area (Å²) in [7, 11) is 0. The molecule has 6 heteroatoms. The van der Waals surface area contributed by atoms with Crippen LogP contribution in [0, 0.1) is 0 Å². The Labute approximate surface area is 116 Å². The normalized spacial score (nSPS) is 12.3. The minimum atomic E-state index is -0.457. The van der Waals surface area contributed by atoms with E-state index in [4.69, 9.17) is 5.11 Å². The first-order valence-corrected chi connectivity index (χ1v) is 6.55. The zero-order chi connectivity index (χ0) is 14.5. The number of rotatable bonds is 5. The summed E-state index contributed by atoms with van der Waals surface area (Å²) in [5.41, 5.74) is 0.105. The van der Waals surface area contributed by atoms with E-state index in [1.807, 2.05) is 6.92 Å². The van der Waals surface area contributed by atoms with Crippen LogP contribution in [0.1, 0.15) is 30.1 Å². The van der Waals surface area contributed by atoms with Gasteiger partial charge in [-0.1, -0.05) is 13.0 Å². The molecule has 1 amide bonds. The number of hydrogen-bond acceptors (Lipinski definition) is 4. The van der Waals surface area contributed by atoms with E-state index in [1.54, 1.807) is 24.4 Å². The van der Waals surface area contributed by atoms with E-state index >= 15 is 0 Å². The Kier molecular flexibility index (Phi) is 4.47. The van der Waals surface area contributed by atoms with Crippen molar-refractivity contribution in [3.05, 3.63) is 46.5 Å². The number of aliphatic hydroxyl groups is 1. The summed E-state index contributed by atoms with van der Waals surface area (Å²) in [6.07, 6.45) is 4.02. The number of amides is 1. The highest BCUT2D eigenvalue weighted by Gasteiger charge is 2.16. The van der Waals surface area contributed by atoms with Crippen molar-refractivity contribution in [1.82, 2.24) is 14.7 Å². The number of pyridine rings is 1. The third kappa shape index (κ3) is 2.85. The highest BCUT2D eigenvalue weighted by atomic mass is 16.3. The molecule has 1 atom stereocenters. The Bertz CT molecular complexity index is 666. The lowest BCUT2D eigenvalue weighted by atomic mass is 10.1. The van der Waals surface area contributed by atoms with Gasteiger partial charge in [0, 0.05) is 25.0 Å². The van der Waals surface area contributed by atoms with Crippen LogP contribution in [-0.2, 0) is 0 Å². The van der Waals surface area contributed by atoms with Crippen LogP contribution in [0.3, 0.4) is 0 Å². The molecule has 0 aromatic carbocycles. The van der Waals surface area contributed by atoms with E-state index in [9.17, 15) is 9.59 Å². The van der Waals surface area contributed by atoms with Gasteiger partial charge in [0.05, 0.1) is 0 Å². The number of hydrogen-bond donors (Lipinski definition) is 2. The number of aromatic nitrogens is 2. The fourth-order valence-corrected chi connectivity index (χ4v) is 1.98. The summed E-state index contributed by atoms with van der Waals surface area (Å²) in [5.74, 6) is -0.457. The molecule has 0 radical (unpaired) electrons. The Hall–Kier alpha value is -2.21. The van der Waals surface area contributed by atoms with Gasteiger partial charge < -0.3 is 10.4 Å². The van der Waals surface area contributed by atoms with Gasteiger partial charge >= 0.3 is 0 Å². The second-order valence-corrected chi connectivity index (χ2v) is 4.50. The zero-order valence-electron chi connectivity index (χ0n) is 11.2. The Morgan fingerprint density at radius 3 is 3.00 bits per heavy atom. The van der Waals surface area contributed by atoms with Gasteiger partial charge in [0.1, 0.15) is 11.2 Å². The summed E-state index contributed by atoms with van der Waals surface area (Å²) in [6.45, 7) is 1.90. The SMILES string of the molecule is CCC(CCO)NC(=O)c1cnc2ccccn2c1=O. The number of aliphatic hydroxyl groups excluding tert-OH is 1. The molecular formula is C14H17N3O3. The van der Waals surface area contributed by atoms with E-state index in [1.165, 1.54) is 10.6 Å². The molecule has 0 aliphatic rings. The summed E-state index contributed by atoms with van der Waals surface area (Å²) in [5, 5.41) is 11.7. The molecule has 0 spiro atoms. The highest BCUT2D eigenvalue weighted by molar-refractivity contribution is 5.93. The predicted octanol–water partition coefficient (Wildman–Crippen LogP) is 0.585. The van der Waals surface area contributed by atoms with E-state index < -0.39 is 11.5 Å². The van der Waals surface area contributed by atoms with E-state index in [-0.39, 0.29) is 18.2 Å². The first kappa shape index (κ1) is 14.2. The Balaban J connectivity index is 2.31. The largest absolute Gasteiger partial charge is 0.396 e. The van der Waals surface area contributed by atoms with Crippen LogP contribution >= 0.6 is 0 Å². The molecule has 20 heavy (non-hydrogen) atoms. The lowest BCUT2D eigenvalue weighted by molar-refractivity contribution is 0.0927. The molecule has 0 aliphatic heterocycles. The number of carbonyl (C=O) groups excluding carboxylic acids is 1. The predicted molar refractivity (Wildman–Crippen MR) is 74.7 cm³/mol. The molecule has 1 unspecified atom stereocenters. The van der Waals surface area contributed by atoms with Crippen molar-refractivity contribution in [2.75, 3.05) is 6.61 Å². The van der Waals surface area contributed by atoms with Crippen LogP contribution in [0.15, 0.2) is 35.4 Å². The maximum absolute atomic E-state index is 12.2. The number of carbonyl (C=O) groups is 1. The third-order valence-electron chi connectivity index (χ3n) is 3.16. The average molecular weight is 275 g/mol. The molecule has 2 N–H and O–H groups in total. The first-order valence-electron chi connectivity index (χ1n) is 6.55. The van der Waals surface area contributed by atoms with Gasteiger partial charge in [-0.3, -0.25) is 14.0 Å². The van der Waals surface area contributed by atoms with Crippen molar-refractivity contribution in [2.45, 2.75) is 25.8 Å². The van der Waals surface area contributed by atoms with Gasteiger partial charge in [-0.2, -0.15) is 0 Å². The van der Waals surface area contributed by atoms with Crippen molar-refractivity contribution >= 4 is 11.6 Å². The van der Waals surface area contributed by atoms with Gasteiger partial charge in [0.2, 0.25) is 0 Å². The van der Waals surface area contributed by atoms with Crippen LogP contribution in [0.2, 0.25) is 0 Å². The maximum atomic E-state index is 12.2. The second kappa shape index (κ2) is 6.29. The number of fused-ring (bicyclic) bond motifs is 1. The quantitative estimate of drug-likeness (QED) is 0.836. The smallest absolute Gasteiger partial charge is 0.270 e. The number of nitrogens with one attached hydrogen (secondary N) is 1. The van der Waals surface area contributed by atoms with Crippen LogP contribution < -0.4 is 10.9 Å². The van der Waals surface area contributed by atoms with E-state index in [0.29, 0.717) is 18.5 Å². The summed E-state index contributed by atoms with van der Waals surface area (Å²) in [6, 6.07) is 5.03. The van der Waals surface area contributed by atoms with E-state index in [2.05, 4.69) is 10.3 Å². The number of nitrogens with zero attached hydrogens (tertiary/aromatic N) is 2. The lowest BCUT2D eigenvalue weighted by Crippen LogP contribution is -2.38. The van der Waals surface area contributed by atoms with Crippen molar-refractivity contribution in [1.29, 1.82) is 0 Å². The second-order valence-electron chi connectivity index (χ2n) is 4.50. The molecular weight excluding hydrogens is 258 g/mol. The lowest BCUT2D eigenvalue weighted by Gasteiger charge is -2.15. The first-order chi connectivity index (χ1) is 9.67. The van der Waals surface area contributed by atoms with E-state index in [0.717, 1.165) is 0 Å². The van der Waals surface area contributed by atoms with Gasteiger partial charge in [-0.15, -0.1) is 0 Å². The standard InChI is InChI=1S/C14H17N3O3/c1-2-10(6-8-18)16-13(19)11-9-15-12-5-3-4-7-17(12)14(11)20/h3-5,7,9-10,18H,2,6,8H2,1H3,(H,16,19). The molecule has 2 heterocycles. The molecule has 0 bridgehead atoms. The van der Waals surface area contributed by atoms with Crippen molar-refractivity contribution < 1.29 is 9.90 Å². The fraction of sp³-hybridized carbons (Fsp3) is 0.357. The molecule has 0 saturated heterocycles. The Morgan fingerprint density at radius 1 is 1.50 bits per heavy atom. The topological polar surface area (TPSA) is 83.7 Å². The molecule has 2 aromatic rings. The zero-order valence-corrected chi connectivity index (χ0v) is 11.2. The third-order valence-corrected chi connectivity index (χ3v) is 3.16. The molecule has 2 aromatic heterocycles. The molecule has 2 rings (SSSR count). The average Bonchev–Trinajstić information content (AvgIpc) is 2.47. The summed E-state index contributed by atoms with van der Waals surface area (Å²) < 4.78 is 1.34. The van der Waals surface area contributed by atoms with Gasteiger partial charge in [0.15, 0.2) is 0 Å². The Morgan fingerprint density at radius 2 is 2.30 bits per heavy atom. The van der Waals surface area contributed by atoms with Crippen LogP contribution in [0.25, 0.3) is 5.65 Å². The van der Waals surface area contributed by atoms with Crippen molar-refractivity contribution in [3.63, 3.8) is 0 Å². The fourth-order valence-electron chi connectivity index (χ4n) is 1.98. The van der Waals surface area contributed by atoms with Crippen molar-refractivity contribution in [2.24, 2.45) is 0 Å². The van der Waals surface area contributed by atoms with Crippen LogP contribution in [0.4, 0.5) is 0 Å². The summed E-state index contributed by atoms with van der Waals surface area (Å²) in [4.78, 5) is 28.4. The van der Waals surface area contributed by atoms with Gasteiger partial charge in [-0.05, 0) is 25.0 Å². The van der Waals surface area contributed by atoms with Crippen molar-refractivity contribution in [3.8, 4) is 0 Å². The monoisotopic (exact) mass is 275 g/mol. The molecule has 0 saturated carbocycles. The molecule has 0 fully saturated rings. The van der Waals surface area contributed by atoms with Gasteiger partial charge in [0.25, 0.3) is 11.5 Å². The maximum Gasteiger partial charge on any atom is 0.270 e.